The predicted molar refractivity (Wildman–Crippen MR) is 89.3 cm³/mol. The number of furan rings is 1. The molecule has 3 rings (SSSR count). The number of anilines is 1. The maximum atomic E-state index is 11.8. The zero-order valence-electron chi connectivity index (χ0n) is 12.7. The summed E-state index contributed by atoms with van der Waals surface area (Å²) in [5.41, 5.74) is 0. The number of rotatable bonds is 7. The third kappa shape index (κ3) is 4.79. The second kappa shape index (κ2) is 8.27. The molecule has 3 heterocycles. The number of carbonyl (C=O) groups excluding carboxylic acids is 2. The Bertz CT molecular complexity index is 683. The highest BCUT2D eigenvalue weighted by Crippen LogP contribution is 2.25. The molecule has 0 aliphatic carbocycles. The minimum absolute atomic E-state index is 0.0770. The molecular weight excluding hydrogens is 352 g/mol. The monoisotopic (exact) mass is 368 g/mol. The molecule has 0 saturated carbocycles. The van der Waals surface area contributed by atoms with Gasteiger partial charge in [-0.05, 0) is 25.0 Å². The average molecular weight is 368 g/mol. The number of amides is 2. The van der Waals surface area contributed by atoms with Crippen LogP contribution in [0.3, 0.4) is 0 Å². The molecule has 2 aromatic heterocycles. The van der Waals surface area contributed by atoms with Crippen LogP contribution in [0.5, 0.6) is 0 Å². The molecule has 1 aliphatic rings. The van der Waals surface area contributed by atoms with Gasteiger partial charge in [-0.25, -0.2) is 0 Å². The molecule has 2 amide bonds. The average Bonchev–Trinajstić information content (AvgIpc) is 3.32. The van der Waals surface area contributed by atoms with Gasteiger partial charge in [-0.2, -0.15) is 0 Å². The Labute approximate surface area is 146 Å². The molecule has 0 unspecified atom stereocenters. The van der Waals surface area contributed by atoms with Crippen molar-refractivity contribution in [2.24, 2.45) is 0 Å². The van der Waals surface area contributed by atoms with Crippen molar-refractivity contribution in [3.05, 3.63) is 24.2 Å². The Balaban J connectivity index is 1.40. The Morgan fingerprint density at radius 1 is 1.42 bits per heavy atom. The van der Waals surface area contributed by atoms with Crippen LogP contribution in [-0.4, -0.2) is 47.0 Å². The van der Waals surface area contributed by atoms with Crippen LogP contribution in [0.25, 0.3) is 0 Å². The van der Waals surface area contributed by atoms with Crippen molar-refractivity contribution in [2.45, 2.75) is 23.3 Å². The number of aromatic nitrogens is 2. The van der Waals surface area contributed by atoms with Crippen LogP contribution in [0, 0.1) is 0 Å². The molecule has 0 aromatic carbocycles. The van der Waals surface area contributed by atoms with E-state index < -0.39 is 0 Å². The first kappa shape index (κ1) is 16.9. The minimum atomic E-state index is -0.387. The smallest absolute Gasteiger partial charge is 0.293 e. The molecule has 1 atom stereocenters. The number of thioether (sulfide) groups is 1. The maximum Gasteiger partial charge on any atom is 0.293 e. The Kier molecular flexibility index (Phi) is 5.83. The molecule has 0 radical (unpaired) electrons. The molecule has 1 aliphatic heterocycles. The molecule has 1 fully saturated rings. The summed E-state index contributed by atoms with van der Waals surface area (Å²) in [6, 6.07) is 3.19. The van der Waals surface area contributed by atoms with Gasteiger partial charge in [0.05, 0.1) is 18.1 Å². The van der Waals surface area contributed by atoms with Gasteiger partial charge in [-0.1, -0.05) is 23.1 Å². The molecule has 8 nitrogen and oxygen atoms in total. The molecule has 0 bridgehead atoms. The largest absolute Gasteiger partial charge is 0.459 e. The van der Waals surface area contributed by atoms with Crippen LogP contribution < -0.4 is 10.6 Å². The summed E-state index contributed by atoms with van der Waals surface area (Å²) in [5, 5.41) is 13.6. The summed E-state index contributed by atoms with van der Waals surface area (Å²) in [5.74, 6) is -0.0187. The number of carbonyl (C=O) groups is 2. The van der Waals surface area contributed by atoms with Crippen molar-refractivity contribution < 1.29 is 18.7 Å². The van der Waals surface area contributed by atoms with E-state index >= 15 is 0 Å². The molecule has 128 valence electrons. The van der Waals surface area contributed by atoms with E-state index in [9.17, 15) is 9.59 Å². The van der Waals surface area contributed by atoms with Gasteiger partial charge >= 0.3 is 0 Å². The minimum Gasteiger partial charge on any atom is -0.459 e. The second-order valence-electron chi connectivity index (χ2n) is 5.03. The van der Waals surface area contributed by atoms with Crippen molar-refractivity contribution in [2.75, 3.05) is 24.2 Å². The van der Waals surface area contributed by atoms with Crippen molar-refractivity contribution in [3.8, 4) is 0 Å². The molecule has 24 heavy (non-hydrogen) atoms. The lowest BCUT2D eigenvalue weighted by molar-refractivity contribution is -0.119. The summed E-state index contributed by atoms with van der Waals surface area (Å²) in [6.45, 7) is 1.31. The predicted octanol–water partition coefficient (Wildman–Crippen LogP) is 1.77. The quantitative estimate of drug-likeness (QED) is 0.566. The van der Waals surface area contributed by atoms with E-state index in [4.69, 9.17) is 9.15 Å². The van der Waals surface area contributed by atoms with Gasteiger partial charge in [-0.15, -0.1) is 10.2 Å². The second-order valence-corrected chi connectivity index (χ2v) is 7.23. The summed E-state index contributed by atoms with van der Waals surface area (Å²) in [7, 11) is 0. The van der Waals surface area contributed by atoms with Gasteiger partial charge in [0.2, 0.25) is 11.0 Å². The molecule has 0 spiro atoms. The van der Waals surface area contributed by atoms with E-state index in [0.29, 0.717) is 16.0 Å². The first-order valence-corrected chi connectivity index (χ1v) is 9.20. The topological polar surface area (TPSA) is 106 Å². The van der Waals surface area contributed by atoms with Crippen molar-refractivity contribution in [1.82, 2.24) is 15.5 Å². The van der Waals surface area contributed by atoms with Crippen LogP contribution in [0.4, 0.5) is 5.13 Å². The normalized spacial score (nSPS) is 16.9. The fourth-order valence-corrected chi connectivity index (χ4v) is 3.67. The molecular formula is C14H16N4O4S2. The lowest BCUT2D eigenvalue weighted by atomic mass is 10.2. The standard InChI is InChI=1S/C14H16N4O4S2/c19-11(15-7-9-3-1-5-21-9)8-23-14-18-17-13(24-14)16-12(20)10-4-2-6-22-10/h2,4,6,9H,1,3,5,7-8H2,(H,15,19)(H,16,17,20)/t9-/m0/s1. The number of ether oxygens (including phenoxy) is 1. The summed E-state index contributed by atoms with van der Waals surface area (Å²) >= 11 is 2.48. The van der Waals surface area contributed by atoms with Crippen molar-refractivity contribution in [3.63, 3.8) is 0 Å². The maximum absolute atomic E-state index is 11.8. The zero-order chi connectivity index (χ0) is 16.8. The fraction of sp³-hybridized carbons (Fsp3) is 0.429. The lowest BCUT2D eigenvalue weighted by Gasteiger charge is -2.09. The zero-order valence-corrected chi connectivity index (χ0v) is 14.3. The Hall–Kier alpha value is -1.91. The molecule has 2 aromatic rings. The van der Waals surface area contributed by atoms with Crippen LogP contribution in [-0.2, 0) is 9.53 Å². The first-order valence-electron chi connectivity index (χ1n) is 7.40. The Morgan fingerprint density at radius 3 is 3.08 bits per heavy atom. The van der Waals surface area contributed by atoms with E-state index in [-0.39, 0.29) is 29.4 Å². The summed E-state index contributed by atoms with van der Waals surface area (Å²) in [6.07, 6.45) is 3.59. The van der Waals surface area contributed by atoms with Gasteiger partial charge in [0, 0.05) is 13.2 Å². The van der Waals surface area contributed by atoms with Crippen LogP contribution in [0.1, 0.15) is 23.4 Å². The number of hydrogen-bond donors (Lipinski definition) is 2. The molecule has 2 N–H and O–H groups in total. The lowest BCUT2D eigenvalue weighted by Crippen LogP contribution is -2.32. The summed E-state index contributed by atoms with van der Waals surface area (Å²) in [4.78, 5) is 23.6. The van der Waals surface area contributed by atoms with Crippen LogP contribution >= 0.6 is 23.1 Å². The van der Waals surface area contributed by atoms with Crippen LogP contribution in [0.2, 0.25) is 0 Å². The number of nitrogens with zero attached hydrogens (tertiary/aromatic N) is 2. The van der Waals surface area contributed by atoms with E-state index in [1.165, 1.54) is 29.4 Å². The van der Waals surface area contributed by atoms with Crippen molar-refractivity contribution in [1.29, 1.82) is 0 Å². The number of nitrogens with one attached hydrogen (secondary N) is 2. The third-order valence-electron chi connectivity index (χ3n) is 3.25. The van der Waals surface area contributed by atoms with Crippen molar-refractivity contribution >= 4 is 40.0 Å². The number of hydrogen-bond acceptors (Lipinski definition) is 8. The third-order valence-corrected chi connectivity index (χ3v) is 5.22. The highest BCUT2D eigenvalue weighted by molar-refractivity contribution is 8.01. The Morgan fingerprint density at radius 2 is 2.33 bits per heavy atom. The highest BCUT2D eigenvalue weighted by atomic mass is 32.2. The van der Waals surface area contributed by atoms with Gasteiger partial charge in [0.15, 0.2) is 10.1 Å². The van der Waals surface area contributed by atoms with E-state index in [2.05, 4.69) is 20.8 Å². The fourth-order valence-electron chi connectivity index (χ4n) is 2.10. The SMILES string of the molecule is O=C(CSc1nnc(NC(=O)c2ccco2)s1)NC[C@@H]1CCCO1. The molecule has 10 heteroatoms. The van der Waals surface area contributed by atoms with Gasteiger partial charge in [0.25, 0.3) is 5.91 Å². The van der Waals surface area contributed by atoms with E-state index in [0.717, 1.165) is 19.4 Å². The van der Waals surface area contributed by atoms with E-state index in [1.807, 2.05) is 0 Å². The summed E-state index contributed by atoms with van der Waals surface area (Å²) < 4.78 is 11.1. The highest BCUT2D eigenvalue weighted by Gasteiger charge is 2.17. The van der Waals surface area contributed by atoms with Gasteiger partial charge in [-0.3, -0.25) is 14.9 Å². The van der Waals surface area contributed by atoms with Gasteiger partial charge in [0.1, 0.15) is 0 Å². The van der Waals surface area contributed by atoms with Crippen LogP contribution in [0.15, 0.2) is 27.2 Å². The van der Waals surface area contributed by atoms with Gasteiger partial charge < -0.3 is 14.5 Å². The van der Waals surface area contributed by atoms with E-state index in [1.54, 1.807) is 12.1 Å². The molecule has 1 saturated heterocycles. The first-order chi connectivity index (χ1) is 11.7.